The summed E-state index contributed by atoms with van der Waals surface area (Å²) >= 11 is 0. The number of phenols is 1. The van der Waals surface area contributed by atoms with Crippen LogP contribution in [0.5, 0.6) is 5.75 Å². The van der Waals surface area contributed by atoms with E-state index < -0.39 is 5.82 Å². The standard InChI is InChI=1S/C11H9FN2O.C9H22N2.C8H9FO.C2H4O/c1-7(15)14-11-5-9-4-10(12)3-2-8(9)6-13-11;1-6-8(11(4)5)7-9(2,3)10;1-2-6-3-4-7(9)5-8(6)10;1-2-3/h2-6H,1H3,(H,13,14,15);8H,6-7,10H2,1-5H3;3-5,10H,2H2,1H3;2H,1H3. The lowest BCUT2D eigenvalue weighted by Gasteiger charge is -2.29. The predicted molar refractivity (Wildman–Crippen MR) is 156 cm³/mol. The SMILES string of the molecule is CC(=O)Nc1cc2cc(F)ccc2cn1.CC=O.CCC(CC(C)(C)N)N(C)C.CCc1ccc(F)cc1O. The molecule has 0 radical (unpaired) electrons. The lowest BCUT2D eigenvalue weighted by Crippen LogP contribution is -2.41. The van der Waals surface area contributed by atoms with Gasteiger partial charge in [-0.15, -0.1) is 0 Å². The number of aldehydes is 1. The number of halogens is 2. The lowest BCUT2D eigenvalue weighted by molar-refractivity contribution is -0.114. The van der Waals surface area contributed by atoms with Gasteiger partial charge in [0.25, 0.3) is 0 Å². The van der Waals surface area contributed by atoms with Crippen LogP contribution >= 0.6 is 0 Å². The Morgan fingerprint density at radius 2 is 1.67 bits per heavy atom. The van der Waals surface area contributed by atoms with Gasteiger partial charge >= 0.3 is 0 Å². The maximum Gasteiger partial charge on any atom is 0.222 e. The molecule has 0 fully saturated rings. The Bertz CT molecular complexity index is 1160. The van der Waals surface area contributed by atoms with E-state index in [1.165, 1.54) is 38.5 Å². The van der Waals surface area contributed by atoms with Crippen LogP contribution in [0.15, 0.2) is 48.7 Å². The number of fused-ring (bicyclic) bond motifs is 1. The molecule has 0 saturated heterocycles. The predicted octanol–water partition coefficient (Wildman–Crippen LogP) is 6.09. The number of nitrogens with zero attached hydrogens (tertiary/aromatic N) is 2. The highest BCUT2D eigenvalue weighted by Crippen LogP contribution is 2.18. The number of aryl methyl sites for hydroxylation is 1. The summed E-state index contributed by atoms with van der Waals surface area (Å²) in [6.45, 7) is 11.1. The summed E-state index contributed by atoms with van der Waals surface area (Å²) in [6, 6.07) is 10.7. The maximum absolute atomic E-state index is 12.9. The Labute approximate surface area is 231 Å². The van der Waals surface area contributed by atoms with Gasteiger partial charge in [0.2, 0.25) is 5.91 Å². The first-order valence-electron chi connectivity index (χ1n) is 12.8. The van der Waals surface area contributed by atoms with Gasteiger partial charge in [0.1, 0.15) is 29.5 Å². The van der Waals surface area contributed by atoms with Gasteiger partial charge < -0.3 is 25.9 Å². The quantitative estimate of drug-likeness (QED) is 0.323. The van der Waals surface area contributed by atoms with Gasteiger partial charge in [0, 0.05) is 36.2 Å². The van der Waals surface area contributed by atoms with Gasteiger partial charge in [0.15, 0.2) is 0 Å². The van der Waals surface area contributed by atoms with E-state index in [0.29, 0.717) is 17.2 Å². The number of benzene rings is 2. The number of hydrogen-bond donors (Lipinski definition) is 3. The summed E-state index contributed by atoms with van der Waals surface area (Å²) in [7, 11) is 4.22. The van der Waals surface area contributed by atoms with Gasteiger partial charge in [-0.25, -0.2) is 13.8 Å². The zero-order chi connectivity index (χ0) is 30.2. The van der Waals surface area contributed by atoms with Crippen molar-refractivity contribution in [3.8, 4) is 5.75 Å². The number of carbonyl (C=O) groups is 2. The van der Waals surface area contributed by atoms with E-state index in [0.717, 1.165) is 36.1 Å². The zero-order valence-corrected chi connectivity index (χ0v) is 24.4. The van der Waals surface area contributed by atoms with Crippen molar-refractivity contribution in [2.75, 3.05) is 19.4 Å². The number of phenolic OH excluding ortho intramolecular Hbond substituents is 1. The summed E-state index contributed by atoms with van der Waals surface area (Å²) in [6.07, 6.45) is 5.32. The highest BCUT2D eigenvalue weighted by Gasteiger charge is 2.18. The van der Waals surface area contributed by atoms with Crippen molar-refractivity contribution in [2.24, 2.45) is 5.73 Å². The monoisotopic (exact) mass is 546 g/mol. The maximum atomic E-state index is 12.9. The highest BCUT2D eigenvalue weighted by molar-refractivity contribution is 5.91. The van der Waals surface area contributed by atoms with Gasteiger partial charge in [-0.05, 0) is 95.4 Å². The Kier molecular flexibility index (Phi) is 16.4. The van der Waals surface area contributed by atoms with Crippen LogP contribution < -0.4 is 11.1 Å². The van der Waals surface area contributed by atoms with Gasteiger partial charge in [-0.1, -0.05) is 19.9 Å². The molecule has 1 unspecified atom stereocenters. The minimum Gasteiger partial charge on any atom is -0.508 e. The minimum atomic E-state index is -0.394. The van der Waals surface area contributed by atoms with Crippen molar-refractivity contribution in [3.05, 3.63) is 65.9 Å². The van der Waals surface area contributed by atoms with Crippen molar-refractivity contribution in [1.82, 2.24) is 9.88 Å². The third kappa shape index (κ3) is 15.5. The molecule has 2 aromatic carbocycles. The summed E-state index contributed by atoms with van der Waals surface area (Å²) in [5, 5.41) is 13.2. The molecule has 0 bridgehead atoms. The van der Waals surface area contributed by atoms with E-state index in [1.807, 2.05) is 6.92 Å². The molecule has 0 saturated carbocycles. The lowest BCUT2D eigenvalue weighted by atomic mass is 9.94. The Morgan fingerprint density at radius 1 is 1.10 bits per heavy atom. The summed E-state index contributed by atoms with van der Waals surface area (Å²) < 4.78 is 25.2. The largest absolute Gasteiger partial charge is 0.508 e. The molecule has 1 aromatic heterocycles. The zero-order valence-electron chi connectivity index (χ0n) is 24.4. The second-order valence-corrected chi connectivity index (χ2v) is 9.82. The van der Waals surface area contributed by atoms with Crippen LogP contribution in [0.1, 0.15) is 59.9 Å². The summed E-state index contributed by atoms with van der Waals surface area (Å²) in [5.41, 5.74) is 6.67. The van der Waals surface area contributed by atoms with Crippen molar-refractivity contribution in [2.45, 2.75) is 72.4 Å². The number of rotatable bonds is 6. The van der Waals surface area contributed by atoms with E-state index in [-0.39, 0.29) is 23.0 Å². The van der Waals surface area contributed by atoms with Crippen LogP contribution in [0.4, 0.5) is 14.6 Å². The second-order valence-electron chi connectivity index (χ2n) is 9.82. The molecule has 1 amide bonds. The Hall–Kier alpha value is -3.43. The molecule has 0 aliphatic rings. The molecular formula is C30H44F2N4O3. The van der Waals surface area contributed by atoms with Crippen LogP contribution in [0, 0.1) is 11.6 Å². The summed E-state index contributed by atoms with van der Waals surface area (Å²) in [5.74, 6) is -0.418. The first-order chi connectivity index (χ1) is 18.2. The molecule has 9 heteroatoms. The van der Waals surface area contributed by atoms with E-state index in [4.69, 9.17) is 15.6 Å². The number of amides is 1. The number of carbonyl (C=O) groups excluding carboxylic acids is 2. The van der Waals surface area contributed by atoms with Crippen LogP contribution in [0.3, 0.4) is 0 Å². The Morgan fingerprint density at radius 3 is 2.10 bits per heavy atom. The molecule has 216 valence electrons. The van der Waals surface area contributed by atoms with Crippen LogP contribution in [0.2, 0.25) is 0 Å². The number of anilines is 1. The van der Waals surface area contributed by atoms with Crippen molar-refractivity contribution in [1.29, 1.82) is 0 Å². The fraction of sp³-hybridized carbons (Fsp3) is 0.433. The molecule has 7 nitrogen and oxygen atoms in total. The molecule has 0 spiro atoms. The van der Waals surface area contributed by atoms with Gasteiger partial charge in [-0.3, -0.25) is 4.79 Å². The van der Waals surface area contributed by atoms with Crippen molar-refractivity contribution >= 4 is 28.8 Å². The van der Waals surface area contributed by atoms with E-state index >= 15 is 0 Å². The first-order valence-corrected chi connectivity index (χ1v) is 12.8. The number of nitrogens with two attached hydrogens (primary N) is 1. The third-order valence-corrected chi connectivity index (χ3v) is 5.38. The normalized spacial score (nSPS) is 11.2. The highest BCUT2D eigenvalue weighted by atomic mass is 19.1. The van der Waals surface area contributed by atoms with E-state index in [2.05, 4.69) is 50.1 Å². The van der Waals surface area contributed by atoms with Crippen molar-refractivity contribution < 1.29 is 23.5 Å². The molecule has 0 aliphatic heterocycles. The minimum absolute atomic E-state index is 0.0368. The fourth-order valence-corrected chi connectivity index (χ4v) is 3.50. The first kappa shape index (κ1) is 35.6. The topological polar surface area (TPSA) is 109 Å². The third-order valence-electron chi connectivity index (χ3n) is 5.38. The number of pyridine rings is 1. The second kappa shape index (κ2) is 18.0. The number of nitrogens with one attached hydrogen (secondary N) is 1. The number of aromatic hydroxyl groups is 1. The molecule has 3 aromatic rings. The molecule has 1 heterocycles. The molecule has 39 heavy (non-hydrogen) atoms. The fourth-order valence-electron chi connectivity index (χ4n) is 3.50. The number of hydrogen-bond acceptors (Lipinski definition) is 6. The van der Waals surface area contributed by atoms with Crippen LogP contribution in [-0.2, 0) is 16.0 Å². The average molecular weight is 547 g/mol. The average Bonchev–Trinajstić information content (AvgIpc) is 2.82. The van der Waals surface area contributed by atoms with E-state index in [9.17, 15) is 13.6 Å². The van der Waals surface area contributed by atoms with Crippen LogP contribution in [0.25, 0.3) is 10.8 Å². The molecule has 4 N–H and O–H groups in total. The molecule has 0 aliphatic carbocycles. The molecular weight excluding hydrogens is 502 g/mol. The van der Waals surface area contributed by atoms with Crippen LogP contribution in [-0.4, -0.2) is 52.9 Å². The smallest absolute Gasteiger partial charge is 0.222 e. The number of aromatic nitrogens is 1. The Balaban J connectivity index is 0.000000541. The molecule has 1 atom stereocenters. The van der Waals surface area contributed by atoms with Gasteiger partial charge in [-0.2, -0.15) is 0 Å². The van der Waals surface area contributed by atoms with Crippen molar-refractivity contribution in [3.63, 3.8) is 0 Å². The molecule has 3 rings (SSSR count). The summed E-state index contributed by atoms with van der Waals surface area (Å²) in [4.78, 5) is 25.9. The van der Waals surface area contributed by atoms with Gasteiger partial charge in [0.05, 0.1) is 0 Å². The van der Waals surface area contributed by atoms with E-state index in [1.54, 1.807) is 24.4 Å².